The van der Waals surface area contributed by atoms with Crippen molar-refractivity contribution in [1.29, 1.82) is 0 Å². The van der Waals surface area contributed by atoms with Crippen molar-refractivity contribution in [2.24, 2.45) is 11.8 Å². The van der Waals surface area contributed by atoms with E-state index in [0.29, 0.717) is 0 Å². The number of hydrogen-bond donors (Lipinski definition) is 2. The van der Waals surface area contributed by atoms with Crippen LogP contribution in [0.3, 0.4) is 0 Å². The van der Waals surface area contributed by atoms with Crippen molar-refractivity contribution in [1.82, 2.24) is 5.43 Å². The van der Waals surface area contributed by atoms with Gasteiger partial charge in [0.15, 0.2) is 0 Å². The smallest absolute Gasteiger partial charge is 0.0462 e. The van der Waals surface area contributed by atoms with E-state index in [1.807, 2.05) is 0 Å². The third-order valence-electron chi connectivity index (χ3n) is 3.59. The Kier molecular flexibility index (Phi) is 7.56. The van der Waals surface area contributed by atoms with Gasteiger partial charge in [-0.05, 0) is 30.0 Å². The summed E-state index contributed by atoms with van der Waals surface area (Å²) in [4.78, 5) is 0. The van der Waals surface area contributed by atoms with E-state index >= 15 is 0 Å². The lowest BCUT2D eigenvalue weighted by Crippen LogP contribution is -2.29. The predicted octanol–water partition coefficient (Wildman–Crippen LogP) is 4.56. The van der Waals surface area contributed by atoms with Crippen LogP contribution >= 0.6 is 15.9 Å². The highest BCUT2D eigenvalue weighted by atomic mass is 79.9. The Morgan fingerprint density at radius 3 is 2.39 bits per heavy atom. The van der Waals surface area contributed by atoms with E-state index in [9.17, 15) is 0 Å². The minimum Gasteiger partial charge on any atom is -0.271 e. The maximum atomic E-state index is 5.71. The van der Waals surface area contributed by atoms with E-state index in [1.54, 1.807) is 0 Å². The van der Waals surface area contributed by atoms with Gasteiger partial charge >= 0.3 is 0 Å². The second-order valence-electron chi connectivity index (χ2n) is 4.92. The SMILES string of the molecule is CCCCC(CC)CC(NN)c1ccc(Br)cc1. The van der Waals surface area contributed by atoms with Gasteiger partial charge in [0, 0.05) is 10.5 Å². The summed E-state index contributed by atoms with van der Waals surface area (Å²) in [6.45, 7) is 4.52. The molecular weight excluding hydrogens is 288 g/mol. The molecule has 1 aromatic rings. The zero-order valence-corrected chi connectivity index (χ0v) is 13.0. The number of hydrazine groups is 1. The third kappa shape index (κ3) is 5.09. The van der Waals surface area contributed by atoms with Crippen molar-refractivity contribution in [3.63, 3.8) is 0 Å². The summed E-state index contributed by atoms with van der Waals surface area (Å²) in [7, 11) is 0. The molecule has 2 unspecified atom stereocenters. The molecule has 0 aliphatic rings. The highest BCUT2D eigenvalue weighted by Crippen LogP contribution is 2.27. The molecule has 0 heterocycles. The molecule has 0 aliphatic heterocycles. The number of rotatable bonds is 8. The van der Waals surface area contributed by atoms with Gasteiger partial charge in [-0.2, -0.15) is 0 Å². The average molecular weight is 313 g/mol. The molecule has 0 saturated heterocycles. The van der Waals surface area contributed by atoms with Crippen LogP contribution in [0.1, 0.15) is 57.6 Å². The van der Waals surface area contributed by atoms with E-state index in [-0.39, 0.29) is 6.04 Å². The molecule has 1 rings (SSSR count). The number of hydrogen-bond acceptors (Lipinski definition) is 2. The third-order valence-corrected chi connectivity index (χ3v) is 4.11. The molecule has 2 nitrogen and oxygen atoms in total. The zero-order chi connectivity index (χ0) is 13.4. The largest absolute Gasteiger partial charge is 0.271 e. The van der Waals surface area contributed by atoms with Crippen LogP contribution in [0.5, 0.6) is 0 Å². The average Bonchev–Trinajstić information content (AvgIpc) is 2.40. The first kappa shape index (κ1) is 15.7. The van der Waals surface area contributed by atoms with Crippen molar-refractivity contribution < 1.29 is 0 Å². The van der Waals surface area contributed by atoms with Crippen LogP contribution < -0.4 is 11.3 Å². The zero-order valence-electron chi connectivity index (χ0n) is 11.5. The predicted molar refractivity (Wildman–Crippen MR) is 82.1 cm³/mol. The monoisotopic (exact) mass is 312 g/mol. The van der Waals surface area contributed by atoms with Crippen LogP contribution in [-0.2, 0) is 0 Å². The van der Waals surface area contributed by atoms with Gasteiger partial charge < -0.3 is 0 Å². The molecular formula is C15H25BrN2. The molecule has 102 valence electrons. The molecule has 0 saturated carbocycles. The molecule has 0 radical (unpaired) electrons. The number of nitrogens with one attached hydrogen (secondary N) is 1. The molecule has 0 aromatic heterocycles. The Bertz CT molecular complexity index is 324. The number of benzene rings is 1. The van der Waals surface area contributed by atoms with Crippen LogP contribution in [0.25, 0.3) is 0 Å². The highest BCUT2D eigenvalue weighted by molar-refractivity contribution is 9.10. The Balaban J connectivity index is 2.62. The van der Waals surface area contributed by atoms with Crippen molar-refractivity contribution in [2.75, 3.05) is 0 Å². The Hall–Kier alpha value is -0.380. The molecule has 0 spiro atoms. The van der Waals surface area contributed by atoms with Crippen LogP contribution in [0.4, 0.5) is 0 Å². The van der Waals surface area contributed by atoms with Crippen LogP contribution in [0.2, 0.25) is 0 Å². The van der Waals surface area contributed by atoms with Gasteiger partial charge in [-0.25, -0.2) is 0 Å². The summed E-state index contributed by atoms with van der Waals surface area (Å²) in [5.41, 5.74) is 4.24. The fourth-order valence-corrected chi connectivity index (χ4v) is 2.57. The standard InChI is InChI=1S/C15H25BrN2/c1-3-5-6-12(4-2)11-15(18-17)13-7-9-14(16)10-8-13/h7-10,12,15,18H,3-6,11,17H2,1-2H3. The first-order valence-electron chi connectivity index (χ1n) is 6.92. The van der Waals surface area contributed by atoms with Gasteiger partial charge in [-0.3, -0.25) is 11.3 Å². The van der Waals surface area contributed by atoms with Crippen LogP contribution in [0.15, 0.2) is 28.7 Å². The van der Waals surface area contributed by atoms with Gasteiger partial charge in [0.1, 0.15) is 0 Å². The van der Waals surface area contributed by atoms with E-state index in [0.717, 1.165) is 16.8 Å². The van der Waals surface area contributed by atoms with Gasteiger partial charge in [0.25, 0.3) is 0 Å². The minimum absolute atomic E-state index is 0.264. The summed E-state index contributed by atoms with van der Waals surface area (Å²) in [6, 6.07) is 8.70. The number of unbranched alkanes of at least 4 members (excludes halogenated alkanes) is 1. The van der Waals surface area contributed by atoms with Gasteiger partial charge in [-0.1, -0.05) is 67.6 Å². The molecule has 1 aromatic carbocycles. The van der Waals surface area contributed by atoms with E-state index in [4.69, 9.17) is 5.84 Å². The summed E-state index contributed by atoms with van der Waals surface area (Å²) in [6.07, 6.45) is 6.25. The normalized spacial score (nSPS) is 14.4. The lowest BCUT2D eigenvalue weighted by atomic mass is 9.89. The second kappa shape index (κ2) is 8.68. The second-order valence-corrected chi connectivity index (χ2v) is 5.84. The minimum atomic E-state index is 0.264. The molecule has 0 fully saturated rings. The first-order chi connectivity index (χ1) is 8.71. The summed E-state index contributed by atoms with van der Waals surface area (Å²) in [5, 5.41) is 0. The first-order valence-corrected chi connectivity index (χ1v) is 7.72. The molecule has 3 heteroatoms. The van der Waals surface area contributed by atoms with Gasteiger partial charge in [0.05, 0.1) is 0 Å². The maximum absolute atomic E-state index is 5.71. The summed E-state index contributed by atoms with van der Waals surface area (Å²) in [5.74, 6) is 6.47. The maximum Gasteiger partial charge on any atom is 0.0462 e. The summed E-state index contributed by atoms with van der Waals surface area (Å²) >= 11 is 3.46. The number of halogens is 1. The molecule has 0 aliphatic carbocycles. The lowest BCUT2D eigenvalue weighted by molar-refractivity contribution is 0.356. The van der Waals surface area contributed by atoms with E-state index in [2.05, 4.69) is 59.5 Å². The molecule has 0 bridgehead atoms. The van der Waals surface area contributed by atoms with Crippen LogP contribution in [0, 0.1) is 5.92 Å². The fraction of sp³-hybridized carbons (Fsp3) is 0.600. The Morgan fingerprint density at radius 2 is 1.89 bits per heavy atom. The Labute approximate surface area is 119 Å². The van der Waals surface area contributed by atoms with E-state index in [1.165, 1.54) is 31.2 Å². The fourth-order valence-electron chi connectivity index (χ4n) is 2.31. The van der Waals surface area contributed by atoms with E-state index < -0.39 is 0 Å². The topological polar surface area (TPSA) is 38.0 Å². The van der Waals surface area contributed by atoms with Crippen molar-refractivity contribution in [3.05, 3.63) is 34.3 Å². The van der Waals surface area contributed by atoms with Crippen molar-refractivity contribution in [2.45, 2.75) is 52.0 Å². The highest BCUT2D eigenvalue weighted by Gasteiger charge is 2.15. The molecule has 2 atom stereocenters. The lowest BCUT2D eigenvalue weighted by Gasteiger charge is -2.22. The molecule has 3 N–H and O–H groups in total. The molecule has 18 heavy (non-hydrogen) atoms. The van der Waals surface area contributed by atoms with Crippen molar-refractivity contribution in [3.8, 4) is 0 Å². The molecule has 0 amide bonds. The summed E-state index contributed by atoms with van der Waals surface area (Å²) < 4.78 is 1.11. The van der Waals surface area contributed by atoms with Crippen LogP contribution in [-0.4, -0.2) is 0 Å². The van der Waals surface area contributed by atoms with Crippen molar-refractivity contribution >= 4 is 15.9 Å². The van der Waals surface area contributed by atoms with Gasteiger partial charge in [-0.15, -0.1) is 0 Å². The quantitative estimate of drug-likeness (QED) is 0.545. The Morgan fingerprint density at radius 1 is 1.22 bits per heavy atom. The van der Waals surface area contributed by atoms with Gasteiger partial charge in [0.2, 0.25) is 0 Å². The number of nitrogens with two attached hydrogens (primary N) is 1.